The lowest BCUT2D eigenvalue weighted by molar-refractivity contribution is 0.0376. The number of aromatic nitrogens is 1. The van der Waals surface area contributed by atoms with E-state index in [1.807, 2.05) is 19.9 Å². The van der Waals surface area contributed by atoms with Crippen LogP contribution in [0.3, 0.4) is 0 Å². The minimum absolute atomic E-state index is 0.0409. The summed E-state index contributed by atoms with van der Waals surface area (Å²) in [6.07, 6.45) is 4.01. The maximum absolute atomic E-state index is 13.1. The first-order valence-corrected chi connectivity index (χ1v) is 12.5. The van der Waals surface area contributed by atoms with Crippen molar-refractivity contribution in [2.75, 3.05) is 32.7 Å². The van der Waals surface area contributed by atoms with Gasteiger partial charge in [-0.05, 0) is 71.7 Å². The van der Waals surface area contributed by atoms with Crippen LogP contribution in [-0.4, -0.2) is 65.0 Å². The van der Waals surface area contributed by atoms with Crippen molar-refractivity contribution >= 4 is 11.5 Å². The molecule has 7 heteroatoms. The lowest BCUT2D eigenvalue weighted by Gasteiger charge is -2.38. The summed E-state index contributed by atoms with van der Waals surface area (Å²) < 4.78 is 7.92. The predicted octanol–water partition coefficient (Wildman–Crippen LogP) is 5.19. The van der Waals surface area contributed by atoms with Gasteiger partial charge in [0, 0.05) is 49.7 Å². The Morgan fingerprint density at radius 1 is 1.15 bits per heavy atom. The summed E-state index contributed by atoms with van der Waals surface area (Å²) in [7, 11) is 0. The number of rotatable bonds is 6. The highest BCUT2D eigenvalue weighted by atomic mass is 16.5. The second-order valence-electron chi connectivity index (χ2n) is 9.87. The summed E-state index contributed by atoms with van der Waals surface area (Å²) in [6, 6.07) is 4.68. The number of hydrogen-bond donors (Lipinski definition) is 0. The molecule has 4 rings (SSSR count). The minimum Gasteiger partial charge on any atom is -0.459 e. The van der Waals surface area contributed by atoms with Crippen molar-refractivity contribution in [1.29, 1.82) is 0 Å². The second-order valence-corrected chi connectivity index (χ2v) is 9.87. The molecular weight excluding hydrogens is 414 g/mol. The highest BCUT2D eigenvalue weighted by Gasteiger charge is 2.29. The third-order valence-electron chi connectivity index (χ3n) is 7.27. The van der Waals surface area contributed by atoms with Crippen molar-refractivity contribution in [3.63, 3.8) is 0 Å². The molecule has 0 saturated carbocycles. The Labute approximate surface area is 197 Å². The van der Waals surface area contributed by atoms with Gasteiger partial charge in [-0.1, -0.05) is 6.92 Å². The maximum atomic E-state index is 13.1. The van der Waals surface area contributed by atoms with E-state index in [0.717, 1.165) is 62.2 Å². The van der Waals surface area contributed by atoms with Crippen LogP contribution < -0.4 is 0 Å². The number of carbonyl (C=O) groups excluding carboxylic acids is 1. The van der Waals surface area contributed by atoms with Crippen LogP contribution in [0.15, 0.2) is 28.6 Å². The number of azo groups is 1. The standard InChI is InChI=1S/C26H39N5O2/c1-7-29-12-14-30(15-13-29)20(6)25-19(5)22(26(32)33-17(2)3)16-24-21(10-11-31(24)25)23-9-8-18(4)27-28-23/h10-11,16-18,20,23H,7-9,12-15H2,1-6H3. The van der Waals surface area contributed by atoms with E-state index in [1.165, 1.54) is 5.69 Å². The largest absolute Gasteiger partial charge is 0.459 e. The molecule has 0 bridgehead atoms. The maximum Gasteiger partial charge on any atom is 0.338 e. The Balaban J connectivity index is 1.79. The Hall–Kier alpha value is -2.25. The second kappa shape index (κ2) is 9.94. The molecule has 0 aromatic carbocycles. The van der Waals surface area contributed by atoms with Gasteiger partial charge in [0.1, 0.15) is 0 Å². The number of pyridine rings is 1. The monoisotopic (exact) mass is 453 g/mol. The molecule has 2 aromatic heterocycles. The molecule has 0 spiro atoms. The molecule has 0 aliphatic carbocycles. The van der Waals surface area contributed by atoms with Gasteiger partial charge >= 0.3 is 5.97 Å². The summed E-state index contributed by atoms with van der Waals surface area (Å²) in [5, 5.41) is 9.06. The Morgan fingerprint density at radius 2 is 1.88 bits per heavy atom. The Kier molecular flexibility index (Phi) is 7.19. The van der Waals surface area contributed by atoms with E-state index >= 15 is 0 Å². The average Bonchev–Trinajstić information content (AvgIpc) is 3.21. The highest BCUT2D eigenvalue weighted by molar-refractivity contribution is 5.93. The number of nitrogens with zero attached hydrogens (tertiary/aromatic N) is 5. The molecule has 2 aliphatic heterocycles. The first-order chi connectivity index (χ1) is 15.8. The van der Waals surface area contributed by atoms with Crippen molar-refractivity contribution in [1.82, 2.24) is 14.2 Å². The van der Waals surface area contributed by atoms with Crippen LogP contribution in [0.25, 0.3) is 5.52 Å². The molecule has 2 aromatic rings. The molecular formula is C26H39N5O2. The van der Waals surface area contributed by atoms with Gasteiger partial charge < -0.3 is 14.0 Å². The van der Waals surface area contributed by atoms with Gasteiger partial charge in [-0.3, -0.25) is 4.90 Å². The average molecular weight is 454 g/mol. The van der Waals surface area contributed by atoms with Crippen LogP contribution in [0.1, 0.15) is 86.7 Å². The summed E-state index contributed by atoms with van der Waals surface area (Å²) >= 11 is 0. The van der Waals surface area contributed by atoms with E-state index in [9.17, 15) is 4.79 Å². The summed E-state index contributed by atoms with van der Waals surface area (Å²) in [5.41, 5.74) is 5.02. The van der Waals surface area contributed by atoms with Crippen molar-refractivity contribution in [3.8, 4) is 0 Å². The molecule has 1 fully saturated rings. The van der Waals surface area contributed by atoms with E-state index in [1.54, 1.807) is 0 Å². The normalized spacial score (nSPS) is 23.4. The quantitative estimate of drug-likeness (QED) is 0.565. The van der Waals surface area contributed by atoms with Crippen LogP contribution >= 0.6 is 0 Å². The van der Waals surface area contributed by atoms with Crippen molar-refractivity contribution in [3.05, 3.63) is 40.7 Å². The van der Waals surface area contributed by atoms with Crippen molar-refractivity contribution < 1.29 is 9.53 Å². The number of ether oxygens (including phenoxy) is 1. The minimum atomic E-state index is -0.250. The van der Waals surface area contributed by atoms with Gasteiger partial charge in [0.05, 0.1) is 29.3 Å². The molecule has 0 radical (unpaired) electrons. The first kappa shape index (κ1) is 23.9. The van der Waals surface area contributed by atoms with E-state index in [-0.39, 0.29) is 30.2 Å². The fourth-order valence-corrected chi connectivity index (χ4v) is 5.24. The van der Waals surface area contributed by atoms with E-state index < -0.39 is 0 Å². The number of carbonyl (C=O) groups is 1. The predicted molar refractivity (Wildman–Crippen MR) is 131 cm³/mol. The highest BCUT2D eigenvalue weighted by Crippen LogP contribution is 2.36. The number of hydrogen-bond acceptors (Lipinski definition) is 6. The molecule has 2 aliphatic rings. The number of esters is 1. The number of piperazine rings is 1. The summed E-state index contributed by atoms with van der Waals surface area (Å²) in [5.74, 6) is -0.250. The third-order valence-corrected chi connectivity index (χ3v) is 7.27. The lowest BCUT2D eigenvalue weighted by atomic mass is 9.97. The first-order valence-electron chi connectivity index (χ1n) is 12.5. The van der Waals surface area contributed by atoms with E-state index in [2.05, 4.69) is 64.4 Å². The van der Waals surface area contributed by atoms with Gasteiger partial charge in [0.15, 0.2) is 0 Å². The number of fused-ring (bicyclic) bond motifs is 1. The topological polar surface area (TPSA) is 61.9 Å². The summed E-state index contributed by atoms with van der Waals surface area (Å²) in [4.78, 5) is 18.1. The van der Waals surface area contributed by atoms with Gasteiger partial charge in [-0.25, -0.2) is 4.79 Å². The zero-order valence-electron chi connectivity index (χ0n) is 21.0. The van der Waals surface area contributed by atoms with Crippen molar-refractivity contribution in [2.45, 2.75) is 78.6 Å². The molecule has 33 heavy (non-hydrogen) atoms. The fourth-order valence-electron chi connectivity index (χ4n) is 5.24. The third kappa shape index (κ3) is 4.85. The van der Waals surface area contributed by atoms with Crippen LogP contribution in [0.4, 0.5) is 0 Å². The number of likely N-dealkylation sites (N-methyl/N-ethyl adjacent to an activating group) is 1. The SMILES string of the molecule is CCN1CCN(C(C)c2c(C)c(C(=O)OC(C)C)cc3c(C4CCC(C)N=N4)ccn23)CC1. The molecule has 180 valence electrons. The van der Waals surface area contributed by atoms with Crippen LogP contribution in [0.2, 0.25) is 0 Å². The van der Waals surface area contributed by atoms with Gasteiger partial charge in [-0.2, -0.15) is 10.2 Å². The van der Waals surface area contributed by atoms with Gasteiger partial charge in [-0.15, -0.1) is 0 Å². The zero-order chi connectivity index (χ0) is 23.7. The van der Waals surface area contributed by atoms with Crippen molar-refractivity contribution in [2.24, 2.45) is 10.2 Å². The van der Waals surface area contributed by atoms with Crippen LogP contribution in [0.5, 0.6) is 0 Å². The van der Waals surface area contributed by atoms with Gasteiger partial charge in [0.2, 0.25) is 0 Å². The zero-order valence-corrected chi connectivity index (χ0v) is 21.0. The molecule has 3 unspecified atom stereocenters. The van der Waals surface area contributed by atoms with Crippen LogP contribution in [0, 0.1) is 6.92 Å². The fraction of sp³-hybridized carbons (Fsp3) is 0.654. The molecule has 7 nitrogen and oxygen atoms in total. The lowest BCUT2D eigenvalue weighted by Crippen LogP contribution is -2.47. The Morgan fingerprint density at radius 3 is 2.48 bits per heavy atom. The van der Waals surface area contributed by atoms with Gasteiger partial charge in [0.25, 0.3) is 0 Å². The van der Waals surface area contributed by atoms with Crippen LogP contribution in [-0.2, 0) is 4.74 Å². The molecule has 1 saturated heterocycles. The molecule has 0 amide bonds. The Bertz CT molecular complexity index is 1020. The smallest absolute Gasteiger partial charge is 0.338 e. The molecule has 4 heterocycles. The van der Waals surface area contributed by atoms with E-state index in [0.29, 0.717) is 5.56 Å². The molecule has 3 atom stereocenters. The summed E-state index contributed by atoms with van der Waals surface area (Å²) in [6.45, 7) is 17.8. The molecule has 0 N–H and O–H groups in total. The van der Waals surface area contributed by atoms with E-state index in [4.69, 9.17) is 4.74 Å².